The molecule has 45 heavy (non-hydrogen) atoms. The molecule has 0 spiro atoms. The maximum Gasteiger partial charge on any atom is 0.0226 e. The van der Waals surface area contributed by atoms with E-state index in [0.29, 0.717) is 10.8 Å². The van der Waals surface area contributed by atoms with Crippen LogP contribution in [0.25, 0.3) is 0 Å². The summed E-state index contributed by atoms with van der Waals surface area (Å²) in [5.41, 5.74) is 10.1. The summed E-state index contributed by atoms with van der Waals surface area (Å²) in [7, 11) is 0. The molecule has 2 unspecified atom stereocenters. The molecular formula is C45H76. The fourth-order valence-electron chi connectivity index (χ4n) is 9.92. The van der Waals surface area contributed by atoms with Crippen molar-refractivity contribution in [2.45, 2.75) is 226 Å². The van der Waals surface area contributed by atoms with Gasteiger partial charge < -0.3 is 0 Å². The third kappa shape index (κ3) is 10.2. The van der Waals surface area contributed by atoms with Gasteiger partial charge in [0.2, 0.25) is 0 Å². The minimum atomic E-state index is 0.337. The second-order valence-electron chi connectivity index (χ2n) is 16.0. The molecule has 4 aliphatic rings. The summed E-state index contributed by atoms with van der Waals surface area (Å²) in [6.07, 6.45) is 53.7. The van der Waals surface area contributed by atoms with Crippen LogP contribution < -0.4 is 0 Å². The summed E-state index contributed by atoms with van der Waals surface area (Å²) >= 11 is 0. The van der Waals surface area contributed by atoms with Gasteiger partial charge in [-0.2, -0.15) is 0 Å². The first-order valence-corrected chi connectivity index (χ1v) is 21.0. The number of unbranched alkanes of at least 4 members (excludes halogenated alkanes) is 18. The lowest BCUT2D eigenvalue weighted by Gasteiger charge is -2.58. The Bertz CT molecular complexity index is 970. The van der Waals surface area contributed by atoms with Gasteiger partial charge >= 0.3 is 0 Å². The van der Waals surface area contributed by atoms with E-state index in [1.54, 1.807) is 11.1 Å². The van der Waals surface area contributed by atoms with Crippen molar-refractivity contribution >= 4 is 0 Å². The van der Waals surface area contributed by atoms with Gasteiger partial charge in [0.1, 0.15) is 0 Å². The van der Waals surface area contributed by atoms with Gasteiger partial charge in [0.15, 0.2) is 0 Å². The molecule has 4 aliphatic carbocycles. The number of hydrogen-bond acceptors (Lipinski definition) is 0. The minimum absolute atomic E-state index is 0.337. The standard InChI is InChI=1S/C45H76/c1-4-7-10-13-16-18-21-26-37-45(41-32-33-41)43(40-30-27-31-40)42(39-28-22-23-29-39)34-38-44(45,35-24-19-15-12-9-6-3)36-25-20-17-14-11-8-5-2/h28,30,32H,4-27,29,31,33-38H2,1-3H3. The van der Waals surface area contributed by atoms with Gasteiger partial charge in [-0.25, -0.2) is 0 Å². The molecule has 0 heterocycles. The monoisotopic (exact) mass is 617 g/mol. The largest absolute Gasteiger partial charge is 0.0810 e. The summed E-state index contributed by atoms with van der Waals surface area (Å²) in [5.74, 6) is 0. The second-order valence-corrected chi connectivity index (χ2v) is 16.0. The van der Waals surface area contributed by atoms with E-state index in [1.165, 1.54) is 205 Å². The van der Waals surface area contributed by atoms with Crippen molar-refractivity contribution in [1.82, 2.24) is 0 Å². The van der Waals surface area contributed by atoms with Crippen molar-refractivity contribution in [3.05, 3.63) is 46.1 Å². The van der Waals surface area contributed by atoms with E-state index in [-0.39, 0.29) is 0 Å². The Kier molecular flexibility index (Phi) is 16.6. The molecule has 0 N–H and O–H groups in total. The minimum Gasteiger partial charge on any atom is -0.0810 e. The zero-order valence-corrected chi connectivity index (χ0v) is 30.9. The summed E-state index contributed by atoms with van der Waals surface area (Å²) in [6, 6.07) is 0. The fraction of sp³-hybridized carbons (Fsp3) is 0.822. The van der Waals surface area contributed by atoms with Crippen LogP contribution in [0.3, 0.4) is 0 Å². The van der Waals surface area contributed by atoms with E-state index in [9.17, 15) is 0 Å². The molecule has 0 heteroatoms. The third-order valence-corrected chi connectivity index (χ3v) is 12.7. The smallest absolute Gasteiger partial charge is 0.0226 e. The Balaban J connectivity index is 1.62. The third-order valence-electron chi connectivity index (χ3n) is 12.7. The van der Waals surface area contributed by atoms with E-state index < -0.39 is 0 Å². The molecule has 0 radical (unpaired) electrons. The highest BCUT2D eigenvalue weighted by molar-refractivity contribution is 5.59. The lowest BCUT2D eigenvalue weighted by atomic mass is 9.46. The average Bonchev–Trinajstić information content (AvgIpc) is 3.74. The molecule has 0 aromatic rings. The van der Waals surface area contributed by atoms with Gasteiger partial charge in [-0.1, -0.05) is 179 Å². The Morgan fingerprint density at radius 3 is 1.40 bits per heavy atom. The van der Waals surface area contributed by atoms with Crippen LogP contribution in [0.2, 0.25) is 0 Å². The zero-order valence-electron chi connectivity index (χ0n) is 30.9. The molecule has 2 atom stereocenters. The highest BCUT2D eigenvalue weighted by Gasteiger charge is 2.58. The molecule has 4 rings (SSSR count). The summed E-state index contributed by atoms with van der Waals surface area (Å²) in [5, 5.41) is 0. The summed E-state index contributed by atoms with van der Waals surface area (Å²) < 4.78 is 0. The van der Waals surface area contributed by atoms with Gasteiger partial charge in [0.05, 0.1) is 0 Å². The predicted molar refractivity (Wildman–Crippen MR) is 201 cm³/mol. The predicted octanol–water partition coefficient (Wildman–Crippen LogP) is 15.6. The van der Waals surface area contributed by atoms with Crippen LogP contribution in [-0.4, -0.2) is 0 Å². The van der Waals surface area contributed by atoms with Crippen molar-refractivity contribution in [3.63, 3.8) is 0 Å². The maximum absolute atomic E-state index is 2.72. The molecule has 0 amide bonds. The van der Waals surface area contributed by atoms with Gasteiger partial charge in [0, 0.05) is 5.41 Å². The SMILES string of the molecule is CCCCCCCCCCC1(C2=CC2)C(C2=CCC2)=C(C2=CCCC2)CCC1(CCCCCCCC)CCCCCCCCC. The molecule has 0 saturated carbocycles. The lowest BCUT2D eigenvalue weighted by molar-refractivity contribution is 0.0438. The Hall–Kier alpha value is -1.04. The van der Waals surface area contributed by atoms with Crippen LogP contribution in [0.4, 0.5) is 0 Å². The first-order chi connectivity index (χ1) is 22.2. The molecule has 0 aromatic carbocycles. The van der Waals surface area contributed by atoms with Gasteiger partial charge in [0.25, 0.3) is 0 Å². The van der Waals surface area contributed by atoms with E-state index in [0.717, 1.165) is 0 Å². The summed E-state index contributed by atoms with van der Waals surface area (Å²) in [6.45, 7) is 7.06. The normalized spacial score (nSPS) is 24.5. The first-order valence-electron chi connectivity index (χ1n) is 21.0. The van der Waals surface area contributed by atoms with Gasteiger partial charge in [-0.3, -0.25) is 0 Å². The maximum atomic E-state index is 2.72. The Morgan fingerprint density at radius 1 is 0.489 bits per heavy atom. The van der Waals surface area contributed by atoms with Crippen molar-refractivity contribution in [2.24, 2.45) is 10.8 Å². The van der Waals surface area contributed by atoms with Crippen LogP contribution in [0.15, 0.2) is 46.1 Å². The number of rotatable bonds is 27. The van der Waals surface area contributed by atoms with Crippen LogP contribution >= 0.6 is 0 Å². The molecule has 0 aromatic heterocycles. The highest BCUT2D eigenvalue weighted by atomic mass is 14.6. The highest BCUT2D eigenvalue weighted by Crippen LogP contribution is 2.70. The molecule has 0 bridgehead atoms. The van der Waals surface area contributed by atoms with Crippen LogP contribution in [-0.2, 0) is 0 Å². The summed E-state index contributed by atoms with van der Waals surface area (Å²) in [4.78, 5) is 0. The Labute approximate surface area is 282 Å². The number of hydrogen-bond donors (Lipinski definition) is 0. The van der Waals surface area contributed by atoms with Crippen LogP contribution in [0, 0.1) is 10.8 Å². The van der Waals surface area contributed by atoms with Crippen LogP contribution in [0.1, 0.15) is 226 Å². The topological polar surface area (TPSA) is 0 Å². The van der Waals surface area contributed by atoms with Gasteiger partial charge in [-0.05, 0) is 98.3 Å². The number of allylic oxidation sites excluding steroid dienone is 8. The lowest BCUT2D eigenvalue weighted by Crippen LogP contribution is -2.47. The molecular weight excluding hydrogens is 540 g/mol. The molecule has 0 aliphatic heterocycles. The average molecular weight is 617 g/mol. The quantitative estimate of drug-likeness (QED) is 0.0636. The van der Waals surface area contributed by atoms with Crippen molar-refractivity contribution in [1.29, 1.82) is 0 Å². The first kappa shape index (κ1) is 36.8. The Morgan fingerprint density at radius 2 is 0.978 bits per heavy atom. The van der Waals surface area contributed by atoms with Gasteiger partial charge in [-0.15, -0.1) is 0 Å². The molecule has 256 valence electrons. The van der Waals surface area contributed by atoms with Crippen LogP contribution in [0.5, 0.6) is 0 Å². The van der Waals surface area contributed by atoms with Crippen molar-refractivity contribution in [3.8, 4) is 0 Å². The second kappa shape index (κ2) is 20.4. The van der Waals surface area contributed by atoms with E-state index in [4.69, 9.17) is 0 Å². The molecule has 0 saturated heterocycles. The van der Waals surface area contributed by atoms with E-state index in [1.807, 2.05) is 16.7 Å². The van der Waals surface area contributed by atoms with Crippen molar-refractivity contribution in [2.75, 3.05) is 0 Å². The zero-order chi connectivity index (χ0) is 31.6. The molecule has 0 fully saturated rings. The van der Waals surface area contributed by atoms with E-state index >= 15 is 0 Å². The fourth-order valence-corrected chi connectivity index (χ4v) is 9.92. The van der Waals surface area contributed by atoms with E-state index in [2.05, 4.69) is 39.0 Å². The molecule has 0 nitrogen and oxygen atoms in total. The van der Waals surface area contributed by atoms with Crippen molar-refractivity contribution < 1.29 is 0 Å².